The number of aromatic amines is 1. The van der Waals surface area contributed by atoms with Crippen LogP contribution in [0.2, 0.25) is 5.02 Å². The van der Waals surface area contributed by atoms with Crippen molar-refractivity contribution in [2.75, 3.05) is 4.90 Å². The largest absolute Gasteiger partial charge is 0.277 e. The molecule has 2 aromatic heterocycles. The molecule has 0 saturated heterocycles. The molecule has 1 aliphatic carbocycles. The summed E-state index contributed by atoms with van der Waals surface area (Å²) in [7, 11) is 0. The molecule has 29 heavy (non-hydrogen) atoms. The molecule has 1 saturated carbocycles. The van der Waals surface area contributed by atoms with Crippen molar-refractivity contribution in [3.63, 3.8) is 0 Å². The fraction of sp³-hybridized carbons (Fsp3) is 0.429. The molecule has 8 heteroatoms. The maximum atomic E-state index is 13.4. The van der Waals surface area contributed by atoms with Gasteiger partial charge in [-0.1, -0.05) is 43.0 Å². The second kappa shape index (κ2) is 7.99. The van der Waals surface area contributed by atoms with Crippen molar-refractivity contribution in [3.8, 4) is 0 Å². The van der Waals surface area contributed by atoms with Gasteiger partial charge < -0.3 is 0 Å². The molecule has 1 aliphatic rings. The van der Waals surface area contributed by atoms with E-state index < -0.39 is 0 Å². The number of hydrogen-bond acceptors (Lipinski definition) is 4. The molecular weight excluding hydrogens is 390 g/mol. The minimum absolute atomic E-state index is 0.0280. The van der Waals surface area contributed by atoms with Gasteiger partial charge in [-0.15, -0.1) is 0 Å². The zero-order valence-electron chi connectivity index (χ0n) is 16.6. The summed E-state index contributed by atoms with van der Waals surface area (Å²) in [6.45, 7) is 3.86. The molecule has 0 unspecified atom stereocenters. The van der Waals surface area contributed by atoms with Gasteiger partial charge >= 0.3 is 0 Å². The number of amides is 1. The molecule has 152 valence electrons. The fourth-order valence-electron chi connectivity index (χ4n) is 3.81. The Morgan fingerprint density at radius 3 is 2.55 bits per heavy atom. The molecule has 0 spiro atoms. The number of halogens is 1. The Morgan fingerprint density at radius 1 is 1.17 bits per heavy atom. The van der Waals surface area contributed by atoms with Gasteiger partial charge in [-0.25, -0.2) is 4.98 Å². The number of aromatic nitrogens is 4. The molecule has 0 bridgehead atoms. The van der Waals surface area contributed by atoms with Gasteiger partial charge in [0.25, 0.3) is 11.3 Å². The minimum atomic E-state index is -0.206. The Balaban J connectivity index is 1.75. The number of fused-ring (bicyclic) bond motifs is 1. The van der Waals surface area contributed by atoms with E-state index in [1.807, 2.05) is 12.1 Å². The molecule has 1 fully saturated rings. The third-order valence-corrected chi connectivity index (χ3v) is 5.93. The number of carbonyl (C=O) groups is 1. The van der Waals surface area contributed by atoms with Crippen LogP contribution >= 0.6 is 11.6 Å². The molecule has 0 radical (unpaired) electrons. The van der Waals surface area contributed by atoms with Gasteiger partial charge in [0.15, 0.2) is 0 Å². The van der Waals surface area contributed by atoms with E-state index in [1.54, 1.807) is 30.9 Å². The Kier molecular flexibility index (Phi) is 5.41. The third-order valence-electron chi connectivity index (χ3n) is 5.68. The van der Waals surface area contributed by atoms with Gasteiger partial charge in [0.05, 0.1) is 6.54 Å². The van der Waals surface area contributed by atoms with E-state index >= 15 is 0 Å². The van der Waals surface area contributed by atoms with Crippen molar-refractivity contribution in [3.05, 3.63) is 56.5 Å². The Hall–Kier alpha value is -2.67. The first-order valence-corrected chi connectivity index (χ1v) is 10.3. The first-order chi connectivity index (χ1) is 13.9. The van der Waals surface area contributed by atoms with E-state index in [0.717, 1.165) is 31.2 Å². The van der Waals surface area contributed by atoms with Gasteiger partial charge in [-0.3, -0.25) is 19.6 Å². The summed E-state index contributed by atoms with van der Waals surface area (Å²) in [6.07, 6.45) is 5.05. The lowest BCUT2D eigenvalue weighted by molar-refractivity contribution is -0.123. The number of rotatable bonds is 4. The molecule has 1 N–H and O–H groups in total. The number of carbonyl (C=O) groups excluding carboxylic acids is 1. The van der Waals surface area contributed by atoms with Crippen LogP contribution in [0.3, 0.4) is 0 Å². The standard InChI is InChI=1S/C21H24ClN5O2/c1-13-14(2)23-20-24-21(25-27(20)18(13)28)26(12-15-8-10-17(22)11-9-15)19(29)16-6-4-3-5-7-16/h8-11,16H,3-7,12H2,1-2H3,(H,23,24,25). The van der Waals surface area contributed by atoms with Crippen LogP contribution in [-0.2, 0) is 11.3 Å². The van der Waals surface area contributed by atoms with Crippen LogP contribution in [-0.4, -0.2) is 25.5 Å². The zero-order valence-corrected chi connectivity index (χ0v) is 17.4. The average Bonchev–Trinajstić information content (AvgIpc) is 3.15. The topological polar surface area (TPSA) is 83.4 Å². The Labute approximate surface area is 173 Å². The maximum absolute atomic E-state index is 13.4. The fourth-order valence-corrected chi connectivity index (χ4v) is 3.94. The van der Waals surface area contributed by atoms with Crippen LogP contribution in [0.4, 0.5) is 5.95 Å². The van der Waals surface area contributed by atoms with Gasteiger partial charge in [0.1, 0.15) is 0 Å². The molecule has 1 aromatic carbocycles. The summed E-state index contributed by atoms with van der Waals surface area (Å²) in [4.78, 5) is 36.5. The van der Waals surface area contributed by atoms with Crippen molar-refractivity contribution >= 4 is 29.2 Å². The summed E-state index contributed by atoms with van der Waals surface area (Å²) >= 11 is 6.00. The number of benzene rings is 1. The van der Waals surface area contributed by atoms with Crippen molar-refractivity contribution in [1.29, 1.82) is 0 Å². The predicted octanol–water partition coefficient (Wildman–Crippen LogP) is 3.80. The third kappa shape index (κ3) is 3.92. The molecule has 0 aliphatic heterocycles. The van der Waals surface area contributed by atoms with E-state index in [1.165, 1.54) is 10.9 Å². The van der Waals surface area contributed by atoms with Crippen molar-refractivity contribution in [2.24, 2.45) is 5.92 Å². The molecule has 4 rings (SSSR count). The van der Waals surface area contributed by atoms with E-state index in [-0.39, 0.29) is 23.2 Å². The summed E-state index contributed by atoms with van der Waals surface area (Å²) in [6, 6.07) is 7.39. The van der Waals surface area contributed by atoms with E-state index in [0.29, 0.717) is 28.8 Å². The highest BCUT2D eigenvalue weighted by Crippen LogP contribution is 2.28. The number of nitrogens with zero attached hydrogens (tertiary/aromatic N) is 4. The highest BCUT2D eigenvalue weighted by Gasteiger charge is 2.29. The number of hydrogen-bond donors (Lipinski definition) is 1. The second-order valence-corrected chi connectivity index (χ2v) is 8.13. The lowest BCUT2D eigenvalue weighted by atomic mass is 9.88. The summed E-state index contributed by atoms with van der Waals surface area (Å²) < 4.78 is 1.31. The van der Waals surface area contributed by atoms with Gasteiger partial charge in [-0.2, -0.15) is 9.50 Å². The monoisotopic (exact) mass is 413 g/mol. The maximum Gasteiger partial charge on any atom is 0.277 e. The van der Waals surface area contributed by atoms with Crippen molar-refractivity contribution < 1.29 is 4.79 Å². The lowest BCUT2D eigenvalue weighted by Crippen LogP contribution is -2.37. The van der Waals surface area contributed by atoms with E-state index in [2.05, 4.69) is 15.1 Å². The number of nitrogens with one attached hydrogen (secondary N) is 1. The number of aryl methyl sites for hydroxylation is 1. The SMILES string of the molecule is Cc1nc2nc(N(Cc3ccc(Cl)cc3)C(=O)C3CCCCC3)[nH]n2c(=O)c1C. The molecule has 7 nitrogen and oxygen atoms in total. The Bertz CT molecular complexity index is 1100. The molecule has 0 atom stereocenters. The van der Waals surface area contributed by atoms with E-state index in [9.17, 15) is 9.59 Å². The van der Waals surface area contributed by atoms with E-state index in [4.69, 9.17) is 11.6 Å². The summed E-state index contributed by atoms with van der Waals surface area (Å²) in [5.74, 6) is 0.605. The minimum Gasteiger partial charge on any atom is -0.276 e. The summed E-state index contributed by atoms with van der Waals surface area (Å²) in [5.41, 5.74) is 1.92. The van der Waals surface area contributed by atoms with Crippen LogP contribution < -0.4 is 10.5 Å². The van der Waals surface area contributed by atoms with Crippen LogP contribution in [0.15, 0.2) is 29.1 Å². The highest BCUT2D eigenvalue weighted by atomic mass is 35.5. The number of H-pyrrole nitrogens is 1. The lowest BCUT2D eigenvalue weighted by Gasteiger charge is -2.27. The highest BCUT2D eigenvalue weighted by molar-refractivity contribution is 6.30. The molecule has 1 amide bonds. The van der Waals surface area contributed by atoms with Crippen molar-refractivity contribution in [1.82, 2.24) is 19.6 Å². The zero-order chi connectivity index (χ0) is 20.5. The van der Waals surface area contributed by atoms with Crippen LogP contribution in [0.25, 0.3) is 5.78 Å². The van der Waals surface area contributed by atoms with Gasteiger partial charge in [0, 0.05) is 22.2 Å². The molecule has 3 aromatic rings. The second-order valence-electron chi connectivity index (χ2n) is 7.70. The molecular formula is C21H24ClN5O2. The molecule has 2 heterocycles. The first-order valence-electron chi connectivity index (χ1n) is 9.96. The van der Waals surface area contributed by atoms with Gasteiger partial charge in [-0.05, 0) is 44.4 Å². The van der Waals surface area contributed by atoms with Crippen LogP contribution in [0, 0.1) is 19.8 Å². The Morgan fingerprint density at radius 2 is 1.86 bits per heavy atom. The van der Waals surface area contributed by atoms with Gasteiger partial charge in [0.2, 0.25) is 11.9 Å². The van der Waals surface area contributed by atoms with Crippen LogP contribution in [0.1, 0.15) is 48.9 Å². The number of anilines is 1. The van der Waals surface area contributed by atoms with Crippen molar-refractivity contribution in [2.45, 2.75) is 52.5 Å². The van der Waals surface area contributed by atoms with Crippen LogP contribution in [0.5, 0.6) is 0 Å². The quantitative estimate of drug-likeness (QED) is 0.705. The normalized spacial score (nSPS) is 15.0. The first kappa shape index (κ1) is 19.6. The summed E-state index contributed by atoms with van der Waals surface area (Å²) in [5, 5.41) is 3.64. The smallest absolute Gasteiger partial charge is 0.276 e. The average molecular weight is 414 g/mol. The predicted molar refractivity (Wildman–Crippen MR) is 112 cm³/mol.